The lowest BCUT2D eigenvalue weighted by Crippen LogP contribution is -2.54. The molecule has 0 spiro atoms. The van der Waals surface area contributed by atoms with Crippen LogP contribution < -0.4 is 11.3 Å². The lowest BCUT2D eigenvalue weighted by molar-refractivity contribution is 0.0842. The largest absolute Gasteiger partial charge is 0.296 e. The number of hydrogen-bond acceptors (Lipinski definition) is 4. The summed E-state index contributed by atoms with van der Waals surface area (Å²) in [5, 5.41) is 4.33. The SMILES string of the molecule is CCC(C)(C(NN)c1ccsc1)N1CCCC1. The fourth-order valence-corrected chi connectivity index (χ4v) is 3.60. The van der Waals surface area contributed by atoms with E-state index in [4.69, 9.17) is 5.84 Å². The van der Waals surface area contributed by atoms with Gasteiger partial charge < -0.3 is 0 Å². The predicted molar refractivity (Wildman–Crippen MR) is 73.9 cm³/mol. The lowest BCUT2D eigenvalue weighted by atomic mass is 9.84. The quantitative estimate of drug-likeness (QED) is 0.626. The molecule has 0 saturated carbocycles. The van der Waals surface area contributed by atoms with Crippen LogP contribution in [0.15, 0.2) is 16.8 Å². The van der Waals surface area contributed by atoms with Crippen molar-refractivity contribution in [2.24, 2.45) is 5.84 Å². The number of nitrogens with zero attached hydrogens (tertiary/aromatic N) is 1. The van der Waals surface area contributed by atoms with Crippen LogP contribution in [-0.2, 0) is 0 Å². The first-order valence-corrected chi connectivity index (χ1v) is 7.40. The summed E-state index contributed by atoms with van der Waals surface area (Å²) in [6, 6.07) is 2.40. The predicted octanol–water partition coefficient (Wildman–Crippen LogP) is 2.52. The zero-order chi connectivity index (χ0) is 12.3. The van der Waals surface area contributed by atoms with Gasteiger partial charge in [-0.1, -0.05) is 6.92 Å². The molecule has 0 bridgehead atoms. The molecule has 17 heavy (non-hydrogen) atoms. The monoisotopic (exact) mass is 253 g/mol. The van der Waals surface area contributed by atoms with Crippen molar-refractivity contribution >= 4 is 11.3 Å². The van der Waals surface area contributed by atoms with E-state index >= 15 is 0 Å². The van der Waals surface area contributed by atoms with Crippen molar-refractivity contribution in [3.63, 3.8) is 0 Å². The van der Waals surface area contributed by atoms with Crippen LogP contribution in [0.25, 0.3) is 0 Å². The molecule has 4 heteroatoms. The fourth-order valence-electron chi connectivity index (χ4n) is 2.91. The Balaban J connectivity index is 2.25. The van der Waals surface area contributed by atoms with Gasteiger partial charge in [-0.2, -0.15) is 11.3 Å². The summed E-state index contributed by atoms with van der Waals surface area (Å²) in [6.45, 7) is 6.99. The maximum Gasteiger partial charge on any atom is 0.0649 e. The number of hydrogen-bond donors (Lipinski definition) is 2. The van der Waals surface area contributed by atoms with E-state index in [1.54, 1.807) is 11.3 Å². The van der Waals surface area contributed by atoms with Gasteiger partial charge >= 0.3 is 0 Å². The van der Waals surface area contributed by atoms with Crippen LogP contribution in [0.1, 0.15) is 44.7 Å². The third-order valence-electron chi connectivity index (χ3n) is 4.21. The molecule has 1 aromatic rings. The smallest absolute Gasteiger partial charge is 0.0649 e. The van der Waals surface area contributed by atoms with Gasteiger partial charge in [0.2, 0.25) is 0 Å². The molecular formula is C13H23N3S. The highest BCUT2D eigenvalue weighted by atomic mass is 32.1. The summed E-state index contributed by atoms with van der Waals surface area (Å²) in [4.78, 5) is 2.59. The molecule has 2 atom stereocenters. The first-order valence-electron chi connectivity index (χ1n) is 6.45. The van der Waals surface area contributed by atoms with Crippen LogP contribution in [-0.4, -0.2) is 23.5 Å². The van der Waals surface area contributed by atoms with E-state index in [9.17, 15) is 0 Å². The van der Waals surface area contributed by atoms with E-state index in [2.05, 4.69) is 41.0 Å². The Kier molecular flexibility index (Phi) is 4.20. The van der Waals surface area contributed by atoms with Gasteiger partial charge in [-0.15, -0.1) is 0 Å². The zero-order valence-electron chi connectivity index (χ0n) is 10.8. The van der Waals surface area contributed by atoms with Crippen LogP contribution in [0.4, 0.5) is 0 Å². The van der Waals surface area contributed by atoms with Crippen molar-refractivity contribution in [1.82, 2.24) is 10.3 Å². The van der Waals surface area contributed by atoms with Crippen molar-refractivity contribution in [2.75, 3.05) is 13.1 Å². The minimum absolute atomic E-state index is 0.117. The average Bonchev–Trinajstić information content (AvgIpc) is 3.02. The maximum absolute atomic E-state index is 5.82. The first-order chi connectivity index (χ1) is 8.22. The lowest BCUT2D eigenvalue weighted by Gasteiger charge is -2.44. The van der Waals surface area contributed by atoms with Gasteiger partial charge in [0.1, 0.15) is 0 Å². The van der Waals surface area contributed by atoms with Gasteiger partial charge in [0.05, 0.1) is 6.04 Å². The van der Waals surface area contributed by atoms with Gasteiger partial charge in [-0.25, -0.2) is 0 Å². The minimum atomic E-state index is 0.117. The van der Waals surface area contributed by atoms with Crippen LogP contribution in [0.3, 0.4) is 0 Å². The first kappa shape index (κ1) is 13.0. The third-order valence-corrected chi connectivity index (χ3v) is 4.91. The molecule has 1 aliphatic rings. The fraction of sp³-hybridized carbons (Fsp3) is 0.692. The molecule has 96 valence electrons. The van der Waals surface area contributed by atoms with Crippen LogP contribution in [0, 0.1) is 0 Å². The molecule has 0 aliphatic carbocycles. The zero-order valence-corrected chi connectivity index (χ0v) is 11.6. The highest BCUT2D eigenvalue weighted by Gasteiger charge is 2.39. The molecule has 2 unspecified atom stereocenters. The van der Waals surface area contributed by atoms with E-state index in [-0.39, 0.29) is 11.6 Å². The molecule has 1 aliphatic heterocycles. The van der Waals surface area contributed by atoms with E-state index in [0.717, 1.165) is 6.42 Å². The van der Waals surface area contributed by atoms with Crippen LogP contribution >= 0.6 is 11.3 Å². The number of likely N-dealkylation sites (tertiary alicyclic amines) is 1. The molecule has 0 aromatic carbocycles. The number of thiophene rings is 1. The molecule has 0 radical (unpaired) electrons. The minimum Gasteiger partial charge on any atom is -0.296 e. The van der Waals surface area contributed by atoms with Crippen LogP contribution in [0.2, 0.25) is 0 Å². The van der Waals surface area contributed by atoms with Gasteiger partial charge in [0.25, 0.3) is 0 Å². The Hall–Kier alpha value is -0.420. The standard InChI is InChI=1S/C13H23N3S/c1-3-13(2,16-7-4-5-8-16)12(15-14)11-6-9-17-10-11/h6,9-10,12,15H,3-5,7-8,14H2,1-2H3. The Morgan fingerprint density at radius 1 is 1.53 bits per heavy atom. The number of rotatable bonds is 5. The summed E-state index contributed by atoms with van der Waals surface area (Å²) < 4.78 is 0. The second-order valence-electron chi connectivity index (χ2n) is 5.06. The molecule has 1 aromatic heterocycles. The molecule has 2 heterocycles. The van der Waals surface area contributed by atoms with Gasteiger partial charge in [-0.05, 0) is 61.7 Å². The van der Waals surface area contributed by atoms with Crippen molar-refractivity contribution in [1.29, 1.82) is 0 Å². The molecule has 3 N–H and O–H groups in total. The Morgan fingerprint density at radius 3 is 2.71 bits per heavy atom. The molecule has 2 rings (SSSR count). The maximum atomic E-state index is 5.82. The van der Waals surface area contributed by atoms with Crippen molar-refractivity contribution in [3.05, 3.63) is 22.4 Å². The number of nitrogens with one attached hydrogen (secondary N) is 1. The van der Waals surface area contributed by atoms with E-state index in [0.29, 0.717) is 0 Å². The summed E-state index contributed by atoms with van der Waals surface area (Å²) in [5.74, 6) is 5.82. The highest BCUT2D eigenvalue weighted by Crippen LogP contribution is 2.36. The second kappa shape index (κ2) is 5.48. The third kappa shape index (κ3) is 2.40. The Morgan fingerprint density at radius 2 is 2.24 bits per heavy atom. The summed E-state index contributed by atoms with van der Waals surface area (Å²) >= 11 is 1.74. The summed E-state index contributed by atoms with van der Waals surface area (Å²) in [5.41, 5.74) is 4.47. The van der Waals surface area contributed by atoms with Crippen LogP contribution in [0.5, 0.6) is 0 Å². The second-order valence-corrected chi connectivity index (χ2v) is 5.84. The molecule has 0 amide bonds. The van der Waals surface area contributed by atoms with E-state index in [1.807, 2.05) is 0 Å². The summed E-state index contributed by atoms with van der Waals surface area (Å²) in [7, 11) is 0. The Bertz CT molecular complexity index is 332. The molecule has 1 fully saturated rings. The average molecular weight is 253 g/mol. The number of hydrazine groups is 1. The molecule has 3 nitrogen and oxygen atoms in total. The van der Waals surface area contributed by atoms with E-state index in [1.165, 1.54) is 31.5 Å². The van der Waals surface area contributed by atoms with Crippen molar-refractivity contribution < 1.29 is 0 Å². The summed E-state index contributed by atoms with van der Waals surface area (Å²) in [6.07, 6.45) is 3.74. The van der Waals surface area contributed by atoms with Gasteiger partial charge in [0, 0.05) is 5.54 Å². The highest BCUT2D eigenvalue weighted by molar-refractivity contribution is 7.07. The van der Waals surface area contributed by atoms with Gasteiger partial charge in [0.15, 0.2) is 0 Å². The van der Waals surface area contributed by atoms with Gasteiger partial charge in [-0.3, -0.25) is 16.2 Å². The molecular weight excluding hydrogens is 230 g/mol. The normalized spacial score (nSPS) is 22.5. The van der Waals surface area contributed by atoms with Crippen molar-refractivity contribution in [3.8, 4) is 0 Å². The van der Waals surface area contributed by atoms with Crippen molar-refractivity contribution in [2.45, 2.75) is 44.7 Å². The number of nitrogens with two attached hydrogens (primary N) is 1. The molecule has 1 saturated heterocycles. The Labute approximate surface area is 108 Å². The topological polar surface area (TPSA) is 41.3 Å². The van der Waals surface area contributed by atoms with E-state index < -0.39 is 0 Å².